The number of alkyl halides is 4. The Morgan fingerprint density at radius 2 is 2.07 bits per heavy atom. The van der Waals surface area contributed by atoms with E-state index in [0.717, 1.165) is 0 Å². The van der Waals surface area contributed by atoms with E-state index < -0.39 is 25.0 Å². The number of nitrogens with one attached hydrogen (secondary N) is 1. The van der Waals surface area contributed by atoms with Crippen molar-refractivity contribution in [3.63, 3.8) is 0 Å². The van der Waals surface area contributed by atoms with Gasteiger partial charge in [-0.15, -0.1) is 6.58 Å². The molecule has 90 valence electrons. The van der Waals surface area contributed by atoms with E-state index in [1.54, 1.807) is 0 Å². The minimum absolute atomic E-state index is 0.176. The van der Waals surface area contributed by atoms with Crippen molar-refractivity contribution in [1.29, 1.82) is 0 Å². The van der Waals surface area contributed by atoms with E-state index in [2.05, 4.69) is 16.7 Å². The summed E-state index contributed by atoms with van der Waals surface area (Å²) in [7, 11) is 0. The van der Waals surface area contributed by atoms with Gasteiger partial charge in [0, 0.05) is 6.04 Å². The molecule has 0 saturated carbocycles. The van der Waals surface area contributed by atoms with Gasteiger partial charge in [0.1, 0.15) is 6.61 Å². The number of hydrazine groups is 1. The molecule has 0 saturated heterocycles. The maximum atomic E-state index is 12.3. The highest BCUT2D eigenvalue weighted by molar-refractivity contribution is 4.76. The first-order chi connectivity index (χ1) is 6.94. The number of halogens is 4. The second-order valence-corrected chi connectivity index (χ2v) is 2.96. The third kappa shape index (κ3) is 5.71. The van der Waals surface area contributed by atoms with Crippen LogP contribution in [-0.4, -0.2) is 31.6 Å². The Kier molecular flexibility index (Phi) is 6.46. The van der Waals surface area contributed by atoms with Crippen molar-refractivity contribution in [3.05, 3.63) is 12.7 Å². The Morgan fingerprint density at radius 1 is 1.47 bits per heavy atom. The summed E-state index contributed by atoms with van der Waals surface area (Å²) in [5.41, 5.74) is 2.29. The van der Waals surface area contributed by atoms with Crippen molar-refractivity contribution >= 4 is 0 Å². The van der Waals surface area contributed by atoms with Crippen LogP contribution in [0.3, 0.4) is 0 Å². The van der Waals surface area contributed by atoms with Gasteiger partial charge in [0.25, 0.3) is 0 Å². The molecule has 7 heteroatoms. The third-order valence-electron chi connectivity index (χ3n) is 1.62. The third-order valence-corrected chi connectivity index (χ3v) is 1.62. The molecule has 0 aromatic heterocycles. The van der Waals surface area contributed by atoms with Gasteiger partial charge < -0.3 is 4.74 Å². The van der Waals surface area contributed by atoms with Crippen molar-refractivity contribution in [1.82, 2.24) is 5.43 Å². The van der Waals surface area contributed by atoms with Crippen LogP contribution < -0.4 is 11.3 Å². The fourth-order valence-corrected chi connectivity index (χ4v) is 0.786. The molecule has 3 N–H and O–H groups in total. The summed E-state index contributed by atoms with van der Waals surface area (Å²) in [6, 6.07) is -0.407. The molecule has 0 aliphatic rings. The maximum Gasteiger partial charge on any atom is 0.330 e. The number of hydrogen-bond acceptors (Lipinski definition) is 3. The predicted octanol–water partition coefficient (Wildman–Crippen LogP) is 1.31. The summed E-state index contributed by atoms with van der Waals surface area (Å²) < 4.78 is 52.5. The van der Waals surface area contributed by atoms with Gasteiger partial charge in [0.2, 0.25) is 0 Å². The number of nitrogens with two attached hydrogens (primary N) is 1. The number of ether oxygens (including phenoxy) is 1. The summed E-state index contributed by atoms with van der Waals surface area (Å²) >= 11 is 0. The van der Waals surface area contributed by atoms with Crippen molar-refractivity contribution in [2.75, 3.05) is 13.2 Å². The standard InChI is InChI=1S/C8H14F4N2O/c1-2-3-6(14-13)4-15-5-8(11,12)7(9)10/h2,6-7,14H,1,3-5,13H2. The van der Waals surface area contributed by atoms with Gasteiger partial charge in [0.05, 0.1) is 6.61 Å². The zero-order valence-electron chi connectivity index (χ0n) is 8.06. The normalized spacial score (nSPS) is 14.3. The SMILES string of the molecule is C=CCC(COCC(F)(F)C(F)F)NN. The lowest BCUT2D eigenvalue weighted by atomic mass is 10.2. The largest absolute Gasteiger partial charge is 0.373 e. The monoisotopic (exact) mass is 230 g/mol. The molecule has 0 aromatic rings. The van der Waals surface area contributed by atoms with Gasteiger partial charge in [0.15, 0.2) is 0 Å². The topological polar surface area (TPSA) is 47.3 Å². The smallest absolute Gasteiger partial charge is 0.330 e. The molecular weight excluding hydrogens is 216 g/mol. The van der Waals surface area contributed by atoms with Gasteiger partial charge in [-0.05, 0) is 6.42 Å². The van der Waals surface area contributed by atoms with Crippen LogP contribution in [0.1, 0.15) is 6.42 Å². The molecule has 0 spiro atoms. The van der Waals surface area contributed by atoms with E-state index in [-0.39, 0.29) is 6.61 Å². The van der Waals surface area contributed by atoms with Gasteiger partial charge in [-0.1, -0.05) is 6.08 Å². The molecule has 0 fully saturated rings. The molecule has 0 bridgehead atoms. The minimum atomic E-state index is -4.12. The molecule has 1 atom stereocenters. The van der Waals surface area contributed by atoms with Crippen molar-refractivity contribution < 1.29 is 22.3 Å². The molecular formula is C8H14F4N2O. The molecule has 15 heavy (non-hydrogen) atoms. The summed E-state index contributed by atoms with van der Waals surface area (Å²) in [6.45, 7) is 1.92. The molecule has 0 aromatic carbocycles. The highest BCUT2D eigenvalue weighted by Crippen LogP contribution is 2.22. The van der Waals surface area contributed by atoms with Crippen LogP contribution in [0.15, 0.2) is 12.7 Å². The molecule has 0 aliphatic heterocycles. The highest BCUT2D eigenvalue weighted by Gasteiger charge is 2.41. The van der Waals surface area contributed by atoms with E-state index >= 15 is 0 Å². The molecule has 0 heterocycles. The number of hydrogen-bond donors (Lipinski definition) is 2. The molecule has 0 amide bonds. The molecule has 0 rings (SSSR count). The highest BCUT2D eigenvalue weighted by atomic mass is 19.3. The van der Waals surface area contributed by atoms with Crippen LogP contribution >= 0.6 is 0 Å². The van der Waals surface area contributed by atoms with Crippen molar-refractivity contribution in [2.45, 2.75) is 24.8 Å². The van der Waals surface area contributed by atoms with Crippen LogP contribution in [0, 0.1) is 0 Å². The number of rotatable bonds is 8. The molecule has 3 nitrogen and oxygen atoms in total. The molecule has 0 radical (unpaired) electrons. The minimum Gasteiger partial charge on any atom is -0.373 e. The second-order valence-electron chi connectivity index (χ2n) is 2.96. The van der Waals surface area contributed by atoms with Crippen LogP contribution in [-0.2, 0) is 4.74 Å². The molecule has 1 unspecified atom stereocenters. The van der Waals surface area contributed by atoms with Gasteiger partial charge >= 0.3 is 12.3 Å². The van der Waals surface area contributed by atoms with E-state index in [9.17, 15) is 17.6 Å². The fraction of sp³-hybridized carbons (Fsp3) is 0.750. The Hall–Kier alpha value is -0.660. The summed E-state index contributed by atoms with van der Waals surface area (Å²) in [5.74, 6) is 0.937. The zero-order chi connectivity index (χ0) is 11.9. The molecule has 0 aliphatic carbocycles. The van der Waals surface area contributed by atoms with Crippen LogP contribution in [0.25, 0.3) is 0 Å². The Labute approximate surface area is 85.2 Å². The lowest BCUT2D eigenvalue weighted by Crippen LogP contribution is -2.40. The first-order valence-electron chi connectivity index (χ1n) is 4.24. The lowest BCUT2D eigenvalue weighted by Gasteiger charge is -2.18. The van der Waals surface area contributed by atoms with E-state index in [1.165, 1.54) is 6.08 Å². The maximum absolute atomic E-state index is 12.3. The van der Waals surface area contributed by atoms with Crippen LogP contribution in [0.5, 0.6) is 0 Å². The van der Waals surface area contributed by atoms with Crippen LogP contribution in [0.2, 0.25) is 0 Å². The lowest BCUT2D eigenvalue weighted by molar-refractivity contribution is -0.167. The zero-order valence-corrected chi connectivity index (χ0v) is 8.06. The Balaban J connectivity index is 3.81. The Bertz CT molecular complexity index is 189. The van der Waals surface area contributed by atoms with Gasteiger partial charge in [-0.2, -0.15) is 8.78 Å². The first kappa shape index (κ1) is 14.3. The van der Waals surface area contributed by atoms with Crippen molar-refractivity contribution in [3.8, 4) is 0 Å². The summed E-state index contributed by atoms with van der Waals surface area (Å²) in [4.78, 5) is 0. The second kappa shape index (κ2) is 6.76. The van der Waals surface area contributed by atoms with Gasteiger partial charge in [-0.3, -0.25) is 11.3 Å². The summed E-state index contributed by atoms with van der Waals surface area (Å²) in [6.07, 6.45) is -1.81. The predicted molar refractivity (Wildman–Crippen MR) is 47.7 cm³/mol. The first-order valence-corrected chi connectivity index (χ1v) is 4.24. The van der Waals surface area contributed by atoms with E-state index in [1.807, 2.05) is 0 Å². The van der Waals surface area contributed by atoms with E-state index in [4.69, 9.17) is 5.84 Å². The Morgan fingerprint density at radius 3 is 2.47 bits per heavy atom. The van der Waals surface area contributed by atoms with Crippen molar-refractivity contribution in [2.24, 2.45) is 5.84 Å². The fourth-order valence-electron chi connectivity index (χ4n) is 0.786. The van der Waals surface area contributed by atoms with E-state index in [0.29, 0.717) is 6.42 Å². The summed E-state index contributed by atoms with van der Waals surface area (Å²) in [5, 5.41) is 0. The average molecular weight is 230 g/mol. The van der Waals surface area contributed by atoms with Gasteiger partial charge in [-0.25, -0.2) is 8.78 Å². The quantitative estimate of drug-likeness (QED) is 0.286. The van der Waals surface area contributed by atoms with Crippen LogP contribution in [0.4, 0.5) is 17.6 Å². The average Bonchev–Trinajstić information content (AvgIpc) is 2.16.